The zero-order valence-electron chi connectivity index (χ0n) is 11.1. The first-order valence-electron chi connectivity index (χ1n) is 6.52. The second kappa shape index (κ2) is 7.55. The molecule has 0 saturated carbocycles. The van der Waals surface area contributed by atoms with Gasteiger partial charge in [-0.05, 0) is 53.0 Å². The number of benzene rings is 1. The van der Waals surface area contributed by atoms with Gasteiger partial charge in [0.05, 0.1) is 5.02 Å². The van der Waals surface area contributed by atoms with Crippen LogP contribution in [-0.4, -0.2) is 6.54 Å². The molecule has 0 spiro atoms. The summed E-state index contributed by atoms with van der Waals surface area (Å²) in [5, 5.41) is 5.70. The largest absolute Gasteiger partial charge is 0.309 e. The highest BCUT2D eigenvalue weighted by molar-refractivity contribution is 9.10. The molecule has 20 heavy (non-hydrogen) atoms. The Morgan fingerprint density at radius 2 is 2.25 bits per heavy atom. The summed E-state index contributed by atoms with van der Waals surface area (Å²) in [5.41, 5.74) is 0.649. The Balaban J connectivity index is 2.21. The van der Waals surface area contributed by atoms with Crippen molar-refractivity contribution in [2.75, 3.05) is 6.54 Å². The molecule has 0 aliphatic heterocycles. The summed E-state index contributed by atoms with van der Waals surface area (Å²) in [6.07, 6.45) is 1.64. The minimum Gasteiger partial charge on any atom is -0.309 e. The average Bonchev–Trinajstić information content (AvgIpc) is 2.86. The van der Waals surface area contributed by atoms with Gasteiger partial charge in [-0.2, -0.15) is 0 Å². The molecule has 0 aliphatic carbocycles. The van der Waals surface area contributed by atoms with Gasteiger partial charge in [-0.25, -0.2) is 4.39 Å². The number of nitrogens with one attached hydrogen (secondary N) is 1. The van der Waals surface area contributed by atoms with Crippen molar-refractivity contribution in [1.29, 1.82) is 0 Å². The third-order valence-corrected chi connectivity index (χ3v) is 5.13. The van der Waals surface area contributed by atoms with E-state index in [1.165, 1.54) is 4.88 Å². The van der Waals surface area contributed by atoms with Crippen LogP contribution in [0.3, 0.4) is 0 Å². The van der Waals surface area contributed by atoms with Gasteiger partial charge < -0.3 is 5.32 Å². The van der Waals surface area contributed by atoms with Crippen molar-refractivity contribution in [1.82, 2.24) is 5.32 Å². The fraction of sp³-hybridized carbons (Fsp3) is 0.333. The molecule has 0 amide bonds. The van der Waals surface area contributed by atoms with E-state index in [1.807, 2.05) is 5.38 Å². The first-order valence-corrected chi connectivity index (χ1v) is 8.57. The summed E-state index contributed by atoms with van der Waals surface area (Å²) >= 11 is 11.0. The van der Waals surface area contributed by atoms with Crippen molar-refractivity contribution in [3.05, 3.63) is 55.4 Å². The topological polar surface area (TPSA) is 12.0 Å². The molecule has 0 bridgehead atoms. The standard InChI is InChI=1S/C15H16BrClFNS/c1-2-6-19-13(14-8-11(16)9-20-14)7-10-4-3-5-12(17)15(10)18/h3-5,8-9,13,19H,2,6-7H2,1H3. The van der Waals surface area contributed by atoms with E-state index >= 15 is 0 Å². The number of hydrogen-bond donors (Lipinski definition) is 1. The molecule has 0 fully saturated rings. The first-order chi connectivity index (χ1) is 9.61. The van der Waals surface area contributed by atoms with Gasteiger partial charge in [-0.1, -0.05) is 30.7 Å². The van der Waals surface area contributed by atoms with Crippen molar-refractivity contribution in [3.8, 4) is 0 Å². The highest BCUT2D eigenvalue weighted by Gasteiger charge is 2.16. The Kier molecular flexibility index (Phi) is 6.02. The second-order valence-electron chi connectivity index (χ2n) is 4.59. The van der Waals surface area contributed by atoms with Crippen LogP contribution in [0.4, 0.5) is 4.39 Å². The lowest BCUT2D eigenvalue weighted by atomic mass is 10.0. The molecule has 108 valence electrons. The normalized spacial score (nSPS) is 12.6. The van der Waals surface area contributed by atoms with Gasteiger partial charge in [0.2, 0.25) is 0 Å². The smallest absolute Gasteiger partial charge is 0.145 e. The Hall–Kier alpha value is -0.420. The maximum absolute atomic E-state index is 14.0. The number of thiophene rings is 1. The van der Waals surface area contributed by atoms with Crippen LogP contribution in [0.15, 0.2) is 34.1 Å². The molecule has 1 nitrogen and oxygen atoms in total. The van der Waals surface area contributed by atoms with Crippen LogP contribution < -0.4 is 5.32 Å². The van der Waals surface area contributed by atoms with E-state index in [9.17, 15) is 4.39 Å². The molecule has 1 aromatic carbocycles. The van der Waals surface area contributed by atoms with Gasteiger partial charge in [0.25, 0.3) is 0 Å². The van der Waals surface area contributed by atoms with Gasteiger partial charge >= 0.3 is 0 Å². The summed E-state index contributed by atoms with van der Waals surface area (Å²) in [4.78, 5) is 1.20. The van der Waals surface area contributed by atoms with Crippen molar-refractivity contribution < 1.29 is 4.39 Å². The molecule has 1 atom stereocenters. The maximum atomic E-state index is 14.0. The average molecular weight is 377 g/mol. The van der Waals surface area contributed by atoms with E-state index in [-0.39, 0.29) is 16.9 Å². The molecular formula is C15H16BrClFNS. The lowest BCUT2D eigenvalue weighted by Crippen LogP contribution is -2.23. The van der Waals surface area contributed by atoms with E-state index in [4.69, 9.17) is 11.6 Å². The van der Waals surface area contributed by atoms with Crippen molar-refractivity contribution in [3.63, 3.8) is 0 Å². The van der Waals surface area contributed by atoms with Crippen LogP contribution in [0.25, 0.3) is 0 Å². The summed E-state index contributed by atoms with van der Waals surface area (Å²) in [6, 6.07) is 7.36. The van der Waals surface area contributed by atoms with E-state index in [0.29, 0.717) is 12.0 Å². The minimum atomic E-state index is -0.312. The van der Waals surface area contributed by atoms with Gasteiger partial charge in [-0.3, -0.25) is 0 Å². The first kappa shape index (κ1) is 16.0. The third-order valence-electron chi connectivity index (χ3n) is 3.03. The molecule has 0 aliphatic rings. The van der Waals surface area contributed by atoms with Gasteiger partial charge in [0.15, 0.2) is 0 Å². The number of hydrogen-bond acceptors (Lipinski definition) is 2. The van der Waals surface area contributed by atoms with E-state index < -0.39 is 0 Å². The van der Waals surface area contributed by atoms with Crippen LogP contribution in [0.1, 0.15) is 29.8 Å². The third kappa shape index (κ3) is 4.04. The van der Waals surface area contributed by atoms with Crippen LogP contribution in [0, 0.1) is 5.82 Å². The Labute approximate surface area is 136 Å². The predicted octanol–water partition coefficient (Wildman–Crippen LogP) is 5.59. The molecule has 1 aromatic heterocycles. The monoisotopic (exact) mass is 375 g/mol. The SMILES string of the molecule is CCCNC(Cc1cccc(Cl)c1F)c1cc(Br)cs1. The van der Waals surface area contributed by atoms with Crippen LogP contribution in [-0.2, 0) is 6.42 Å². The maximum Gasteiger partial charge on any atom is 0.145 e. The van der Waals surface area contributed by atoms with E-state index in [0.717, 1.165) is 17.4 Å². The van der Waals surface area contributed by atoms with E-state index in [1.54, 1.807) is 29.5 Å². The van der Waals surface area contributed by atoms with Gasteiger partial charge in [0, 0.05) is 20.8 Å². The summed E-state index contributed by atoms with van der Waals surface area (Å²) in [6.45, 7) is 3.02. The second-order valence-corrected chi connectivity index (χ2v) is 6.86. The Bertz CT molecular complexity index is 573. The van der Waals surface area contributed by atoms with Crippen molar-refractivity contribution in [2.24, 2.45) is 0 Å². The zero-order chi connectivity index (χ0) is 14.5. The number of halogens is 3. The lowest BCUT2D eigenvalue weighted by molar-refractivity contribution is 0.519. The zero-order valence-corrected chi connectivity index (χ0v) is 14.3. The van der Waals surface area contributed by atoms with Crippen LogP contribution in [0.2, 0.25) is 5.02 Å². The Morgan fingerprint density at radius 3 is 2.90 bits per heavy atom. The number of rotatable bonds is 6. The molecule has 2 rings (SSSR count). The highest BCUT2D eigenvalue weighted by atomic mass is 79.9. The Morgan fingerprint density at radius 1 is 1.45 bits per heavy atom. The van der Waals surface area contributed by atoms with Crippen molar-refractivity contribution in [2.45, 2.75) is 25.8 Å². The predicted molar refractivity (Wildman–Crippen MR) is 88.2 cm³/mol. The summed E-state index contributed by atoms with van der Waals surface area (Å²) < 4.78 is 15.1. The lowest BCUT2D eigenvalue weighted by Gasteiger charge is -2.18. The fourth-order valence-electron chi connectivity index (χ4n) is 2.03. The van der Waals surface area contributed by atoms with Crippen LogP contribution in [0.5, 0.6) is 0 Å². The molecular weight excluding hydrogens is 361 g/mol. The molecule has 0 saturated heterocycles. The molecule has 1 unspecified atom stereocenters. The quantitative estimate of drug-likeness (QED) is 0.693. The fourth-order valence-corrected chi connectivity index (χ4v) is 3.74. The molecule has 5 heteroatoms. The van der Waals surface area contributed by atoms with E-state index in [2.05, 4.69) is 34.2 Å². The van der Waals surface area contributed by atoms with Gasteiger partial charge in [-0.15, -0.1) is 11.3 Å². The van der Waals surface area contributed by atoms with Crippen LogP contribution >= 0.6 is 38.9 Å². The summed E-state index contributed by atoms with van der Waals surface area (Å²) in [5.74, 6) is -0.312. The highest BCUT2D eigenvalue weighted by Crippen LogP contribution is 2.29. The molecule has 1 N–H and O–H groups in total. The van der Waals surface area contributed by atoms with Gasteiger partial charge in [0.1, 0.15) is 5.82 Å². The summed E-state index contributed by atoms with van der Waals surface area (Å²) in [7, 11) is 0. The molecule has 1 heterocycles. The van der Waals surface area contributed by atoms with Crippen molar-refractivity contribution >= 4 is 38.9 Å². The minimum absolute atomic E-state index is 0.110. The molecule has 0 radical (unpaired) electrons. The molecule has 2 aromatic rings.